The van der Waals surface area contributed by atoms with Crippen molar-refractivity contribution in [1.29, 1.82) is 0 Å². The molecule has 0 aromatic heterocycles. The van der Waals surface area contributed by atoms with Gasteiger partial charge >= 0.3 is 0 Å². The highest BCUT2D eigenvalue weighted by molar-refractivity contribution is 6.34. The molecule has 1 aromatic rings. The number of rotatable bonds is 7. The summed E-state index contributed by atoms with van der Waals surface area (Å²) in [6, 6.07) is 5.30. The van der Waals surface area contributed by atoms with Crippen LogP contribution in [-0.2, 0) is 0 Å². The largest absolute Gasteiger partial charge is 0.493 e. The first kappa shape index (κ1) is 20.1. The van der Waals surface area contributed by atoms with Gasteiger partial charge in [0.05, 0.1) is 17.2 Å². The van der Waals surface area contributed by atoms with Crippen LogP contribution in [0.2, 0.25) is 5.02 Å². The van der Waals surface area contributed by atoms with Gasteiger partial charge in [-0.1, -0.05) is 25.4 Å². The fraction of sp³-hybridized carbons (Fsp3) is 0.650. The molecule has 0 spiro atoms. The lowest BCUT2D eigenvalue weighted by Gasteiger charge is -2.29. The molecule has 0 atom stereocenters. The number of nitrogens with one attached hydrogen (secondary N) is 1. The van der Waals surface area contributed by atoms with Gasteiger partial charge in [-0.3, -0.25) is 4.79 Å². The maximum atomic E-state index is 12.0. The van der Waals surface area contributed by atoms with Crippen LogP contribution in [0, 0.1) is 11.3 Å². The Bertz CT molecular complexity index is 581. The Hall–Kier alpha value is -1.26. The Balaban J connectivity index is 1.86. The molecule has 0 unspecified atom stereocenters. The van der Waals surface area contributed by atoms with Crippen LogP contribution < -0.4 is 10.1 Å². The Labute approximate surface area is 156 Å². The Kier molecular flexibility index (Phi) is 7.14. The minimum absolute atomic E-state index is 0.0983. The van der Waals surface area contributed by atoms with Crippen LogP contribution in [0.25, 0.3) is 0 Å². The van der Waals surface area contributed by atoms with E-state index >= 15 is 0 Å². The predicted molar refractivity (Wildman–Crippen MR) is 104 cm³/mol. The van der Waals surface area contributed by atoms with Crippen molar-refractivity contribution in [2.24, 2.45) is 11.3 Å². The molecule has 25 heavy (non-hydrogen) atoms. The quantitative estimate of drug-likeness (QED) is 0.785. The minimum Gasteiger partial charge on any atom is -0.493 e. The predicted octanol–water partition coefficient (Wildman–Crippen LogP) is 4.23. The van der Waals surface area contributed by atoms with E-state index in [4.69, 9.17) is 16.3 Å². The number of nitrogens with zero attached hydrogens (tertiary/aromatic N) is 1. The summed E-state index contributed by atoms with van der Waals surface area (Å²) in [7, 11) is 3.43. The number of benzene rings is 1. The average molecular weight is 367 g/mol. The number of hydrogen-bond acceptors (Lipinski definition) is 3. The maximum absolute atomic E-state index is 12.0. The zero-order valence-corrected chi connectivity index (χ0v) is 16.7. The third kappa shape index (κ3) is 6.19. The van der Waals surface area contributed by atoms with Crippen molar-refractivity contribution in [3.05, 3.63) is 28.8 Å². The van der Waals surface area contributed by atoms with E-state index in [1.807, 2.05) is 6.07 Å². The van der Waals surface area contributed by atoms with Crippen LogP contribution in [-0.4, -0.2) is 44.6 Å². The second kappa shape index (κ2) is 8.91. The monoisotopic (exact) mass is 366 g/mol. The van der Waals surface area contributed by atoms with Gasteiger partial charge in [-0.2, -0.15) is 0 Å². The van der Waals surface area contributed by atoms with E-state index in [0.29, 0.717) is 17.2 Å². The highest BCUT2D eigenvalue weighted by atomic mass is 35.5. The first-order valence-electron chi connectivity index (χ1n) is 9.13. The van der Waals surface area contributed by atoms with Crippen LogP contribution in [0.15, 0.2) is 18.2 Å². The summed E-state index contributed by atoms with van der Waals surface area (Å²) in [5.41, 5.74) is 0.624. The third-order valence-corrected chi connectivity index (χ3v) is 5.21. The van der Waals surface area contributed by atoms with E-state index in [0.717, 1.165) is 31.2 Å². The molecule has 5 heteroatoms. The summed E-state index contributed by atoms with van der Waals surface area (Å²) in [5, 5.41) is 3.85. The average Bonchev–Trinajstić information content (AvgIpc) is 2.59. The van der Waals surface area contributed by atoms with Gasteiger partial charge < -0.3 is 15.0 Å². The maximum Gasteiger partial charge on any atom is 0.254 e. The van der Waals surface area contributed by atoms with Gasteiger partial charge in [0, 0.05) is 14.1 Å². The van der Waals surface area contributed by atoms with Gasteiger partial charge in [-0.15, -0.1) is 0 Å². The van der Waals surface area contributed by atoms with Crippen LogP contribution in [0.5, 0.6) is 5.75 Å². The lowest BCUT2D eigenvalue weighted by Crippen LogP contribution is -2.29. The summed E-state index contributed by atoms with van der Waals surface area (Å²) < 4.78 is 5.97. The molecule has 0 radical (unpaired) electrons. The van der Waals surface area contributed by atoms with Crippen molar-refractivity contribution in [3.8, 4) is 5.75 Å². The standard InChI is InChI=1S/C20H31ClN2O2/c1-20(2,10-7-15-8-11-22-12-9-15)14-25-16-5-6-17(18(21)13-16)19(24)23(3)4/h5-6,13,15,22H,7-12,14H2,1-4H3. The fourth-order valence-corrected chi connectivity index (χ4v) is 3.37. The molecule has 1 fully saturated rings. The number of piperidine rings is 1. The SMILES string of the molecule is CN(C)C(=O)c1ccc(OCC(C)(C)CCC2CCNCC2)cc1Cl. The number of carbonyl (C=O) groups excluding carboxylic acids is 1. The molecule has 2 rings (SSSR count). The van der Waals surface area contributed by atoms with Crippen LogP contribution in [0.4, 0.5) is 0 Å². The van der Waals surface area contributed by atoms with Crippen LogP contribution in [0.1, 0.15) is 49.9 Å². The van der Waals surface area contributed by atoms with Gasteiger partial charge in [-0.25, -0.2) is 0 Å². The molecule has 1 saturated heterocycles. The zero-order valence-electron chi connectivity index (χ0n) is 15.9. The van der Waals surface area contributed by atoms with Gasteiger partial charge in [0.1, 0.15) is 5.75 Å². The second-order valence-electron chi connectivity index (χ2n) is 8.03. The minimum atomic E-state index is -0.0983. The molecule has 1 aliphatic heterocycles. The number of ether oxygens (including phenoxy) is 1. The van der Waals surface area contributed by atoms with Crippen molar-refractivity contribution in [2.75, 3.05) is 33.8 Å². The number of amides is 1. The third-order valence-electron chi connectivity index (χ3n) is 4.89. The molecular formula is C20H31ClN2O2. The highest BCUT2D eigenvalue weighted by Gasteiger charge is 2.22. The van der Waals surface area contributed by atoms with Gasteiger partial charge in [0.15, 0.2) is 0 Å². The number of hydrogen-bond donors (Lipinski definition) is 1. The Morgan fingerprint density at radius 3 is 2.60 bits per heavy atom. The Morgan fingerprint density at radius 1 is 1.32 bits per heavy atom. The second-order valence-corrected chi connectivity index (χ2v) is 8.43. The highest BCUT2D eigenvalue weighted by Crippen LogP contribution is 2.30. The summed E-state index contributed by atoms with van der Waals surface area (Å²) in [6.07, 6.45) is 4.99. The zero-order chi connectivity index (χ0) is 18.4. The smallest absolute Gasteiger partial charge is 0.254 e. The molecule has 1 amide bonds. The first-order chi connectivity index (χ1) is 11.8. The van der Waals surface area contributed by atoms with E-state index in [2.05, 4.69) is 19.2 Å². The summed E-state index contributed by atoms with van der Waals surface area (Å²) in [5.74, 6) is 1.46. The van der Waals surface area contributed by atoms with Crippen molar-refractivity contribution < 1.29 is 9.53 Å². The summed E-state index contributed by atoms with van der Waals surface area (Å²) in [4.78, 5) is 13.5. The molecule has 1 aliphatic rings. The normalized spacial score (nSPS) is 15.9. The molecule has 0 aliphatic carbocycles. The molecular weight excluding hydrogens is 336 g/mol. The fourth-order valence-electron chi connectivity index (χ4n) is 3.12. The van der Waals surface area contributed by atoms with Crippen molar-refractivity contribution in [2.45, 2.75) is 39.5 Å². The van der Waals surface area contributed by atoms with Gasteiger partial charge in [-0.05, 0) is 68.3 Å². The molecule has 0 bridgehead atoms. The Morgan fingerprint density at radius 2 is 2.00 bits per heavy atom. The molecule has 1 heterocycles. The lowest BCUT2D eigenvalue weighted by atomic mass is 9.83. The van der Waals surface area contributed by atoms with Crippen LogP contribution in [0.3, 0.4) is 0 Å². The van der Waals surface area contributed by atoms with E-state index in [1.54, 1.807) is 26.2 Å². The van der Waals surface area contributed by atoms with Gasteiger partial charge in [0.2, 0.25) is 0 Å². The molecule has 1 N–H and O–H groups in total. The van der Waals surface area contributed by atoms with Crippen molar-refractivity contribution >= 4 is 17.5 Å². The number of halogens is 1. The summed E-state index contributed by atoms with van der Waals surface area (Å²) in [6.45, 7) is 7.45. The summed E-state index contributed by atoms with van der Waals surface area (Å²) >= 11 is 6.25. The molecule has 1 aromatic carbocycles. The topological polar surface area (TPSA) is 41.6 Å². The first-order valence-corrected chi connectivity index (χ1v) is 9.51. The van der Waals surface area contributed by atoms with E-state index in [-0.39, 0.29) is 11.3 Å². The number of carbonyl (C=O) groups is 1. The molecule has 140 valence electrons. The lowest BCUT2D eigenvalue weighted by molar-refractivity contribution is 0.0827. The van der Waals surface area contributed by atoms with Gasteiger partial charge in [0.25, 0.3) is 5.91 Å². The van der Waals surface area contributed by atoms with E-state index < -0.39 is 0 Å². The van der Waals surface area contributed by atoms with Crippen molar-refractivity contribution in [3.63, 3.8) is 0 Å². The van der Waals surface area contributed by atoms with Crippen LogP contribution >= 0.6 is 11.6 Å². The van der Waals surface area contributed by atoms with E-state index in [1.165, 1.54) is 24.2 Å². The molecule has 4 nitrogen and oxygen atoms in total. The van der Waals surface area contributed by atoms with E-state index in [9.17, 15) is 4.79 Å². The van der Waals surface area contributed by atoms with Crippen molar-refractivity contribution in [1.82, 2.24) is 10.2 Å². The molecule has 0 saturated carbocycles.